The van der Waals surface area contributed by atoms with Crippen LogP contribution in [0.4, 0.5) is 9.93 Å². The molecule has 0 aromatic carbocycles. The smallest absolute Gasteiger partial charge is 0.323 e. The normalized spacial score (nSPS) is 14.8. The van der Waals surface area contributed by atoms with Gasteiger partial charge in [-0.1, -0.05) is 13.8 Å². The Kier molecular flexibility index (Phi) is 4.94. The van der Waals surface area contributed by atoms with Gasteiger partial charge in [-0.05, 0) is 12.3 Å². The second-order valence-electron chi connectivity index (χ2n) is 5.21. The maximum absolute atomic E-state index is 11.7. The van der Waals surface area contributed by atoms with Gasteiger partial charge in [-0.2, -0.15) is 0 Å². The standard InChI is InChI=1S/C13H20N4O2S/c1-9(2)3-4-14-11(18)7-10-8-20-13(16-10)17-6-5-15-12(17)19/h8-9H,3-7H2,1-2H3,(H,14,18)(H,15,19). The van der Waals surface area contributed by atoms with E-state index in [2.05, 4.69) is 29.5 Å². The van der Waals surface area contributed by atoms with Crippen LogP contribution >= 0.6 is 11.3 Å². The summed E-state index contributed by atoms with van der Waals surface area (Å²) in [6.45, 7) is 6.22. The average Bonchev–Trinajstić information content (AvgIpc) is 2.97. The third-order valence-corrected chi connectivity index (χ3v) is 3.93. The van der Waals surface area contributed by atoms with Gasteiger partial charge in [0.15, 0.2) is 5.13 Å². The fourth-order valence-electron chi connectivity index (χ4n) is 1.88. The molecular formula is C13H20N4O2S. The summed E-state index contributed by atoms with van der Waals surface area (Å²) < 4.78 is 0. The molecule has 1 aliphatic heterocycles. The highest BCUT2D eigenvalue weighted by Gasteiger charge is 2.23. The van der Waals surface area contributed by atoms with Crippen LogP contribution in [0.1, 0.15) is 26.0 Å². The molecule has 6 nitrogen and oxygen atoms in total. The topological polar surface area (TPSA) is 74.3 Å². The molecule has 1 aliphatic rings. The highest BCUT2D eigenvalue weighted by molar-refractivity contribution is 7.14. The quantitative estimate of drug-likeness (QED) is 0.833. The van der Waals surface area contributed by atoms with Gasteiger partial charge >= 0.3 is 6.03 Å². The molecule has 1 fully saturated rings. The second kappa shape index (κ2) is 6.69. The molecule has 0 unspecified atom stereocenters. The van der Waals surface area contributed by atoms with Crippen LogP contribution in [0.15, 0.2) is 5.38 Å². The fourth-order valence-corrected chi connectivity index (χ4v) is 2.73. The first-order chi connectivity index (χ1) is 9.56. The van der Waals surface area contributed by atoms with Gasteiger partial charge in [-0.3, -0.25) is 9.69 Å². The van der Waals surface area contributed by atoms with Gasteiger partial charge in [0.2, 0.25) is 5.91 Å². The third-order valence-electron chi connectivity index (χ3n) is 3.01. The number of carbonyl (C=O) groups is 2. The number of nitrogens with zero attached hydrogens (tertiary/aromatic N) is 2. The van der Waals surface area contributed by atoms with E-state index in [1.165, 1.54) is 11.3 Å². The molecule has 0 atom stereocenters. The zero-order chi connectivity index (χ0) is 14.5. The van der Waals surface area contributed by atoms with Crippen molar-refractivity contribution in [2.75, 3.05) is 24.5 Å². The summed E-state index contributed by atoms with van der Waals surface area (Å²) in [5, 5.41) is 8.11. The molecule has 0 spiro atoms. The molecule has 0 bridgehead atoms. The highest BCUT2D eigenvalue weighted by atomic mass is 32.1. The molecule has 2 rings (SSSR count). The van der Waals surface area contributed by atoms with Crippen LogP contribution in [0.2, 0.25) is 0 Å². The SMILES string of the molecule is CC(C)CCNC(=O)Cc1csc(N2CCNC2=O)n1. The van der Waals surface area contributed by atoms with E-state index in [4.69, 9.17) is 0 Å². The van der Waals surface area contributed by atoms with Crippen molar-refractivity contribution in [2.24, 2.45) is 5.92 Å². The lowest BCUT2D eigenvalue weighted by molar-refractivity contribution is -0.120. The third kappa shape index (κ3) is 3.93. The minimum absolute atomic E-state index is 0.0200. The predicted molar refractivity (Wildman–Crippen MR) is 79.0 cm³/mol. The molecular weight excluding hydrogens is 276 g/mol. The van der Waals surface area contributed by atoms with Crippen LogP contribution < -0.4 is 15.5 Å². The Morgan fingerprint density at radius 2 is 2.40 bits per heavy atom. The number of hydrogen-bond acceptors (Lipinski definition) is 4. The summed E-state index contributed by atoms with van der Waals surface area (Å²) in [4.78, 5) is 29.2. The zero-order valence-corrected chi connectivity index (χ0v) is 12.6. The van der Waals surface area contributed by atoms with Crippen LogP contribution in [0.3, 0.4) is 0 Å². The van der Waals surface area contributed by atoms with Crippen molar-refractivity contribution >= 4 is 28.4 Å². The molecule has 0 saturated carbocycles. The van der Waals surface area contributed by atoms with E-state index in [0.29, 0.717) is 36.4 Å². The zero-order valence-electron chi connectivity index (χ0n) is 11.8. The Hall–Kier alpha value is -1.63. The van der Waals surface area contributed by atoms with Gasteiger partial charge in [0, 0.05) is 25.0 Å². The summed E-state index contributed by atoms with van der Waals surface area (Å²) in [5.41, 5.74) is 0.715. The van der Waals surface area contributed by atoms with Crippen molar-refractivity contribution in [1.82, 2.24) is 15.6 Å². The largest absolute Gasteiger partial charge is 0.356 e. The first kappa shape index (κ1) is 14.8. The van der Waals surface area contributed by atoms with E-state index < -0.39 is 0 Å². The monoisotopic (exact) mass is 296 g/mol. The molecule has 1 saturated heterocycles. The number of hydrogen-bond donors (Lipinski definition) is 2. The Bertz CT molecular complexity index is 486. The van der Waals surface area contributed by atoms with Crippen molar-refractivity contribution < 1.29 is 9.59 Å². The van der Waals surface area contributed by atoms with E-state index in [9.17, 15) is 9.59 Å². The second-order valence-corrected chi connectivity index (χ2v) is 6.05. The minimum atomic E-state index is -0.118. The number of rotatable bonds is 6. The van der Waals surface area contributed by atoms with Crippen LogP contribution in [0.25, 0.3) is 0 Å². The number of urea groups is 1. The van der Waals surface area contributed by atoms with Crippen LogP contribution in [-0.2, 0) is 11.2 Å². The van der Waals surface area contributed by atoms with Crippen molar-refractivity contribution in [3.05, 3.63) is 11.1 Å². The molecule has 20 heavy (non-hydrogen) atoms. The number of anilines is 1. The van der Waals surface area contributed by atoms with Gasteiger partial charge in [0.1, 0.15) is 0 Å². The van der Waals surface area contributed by atoms with Crippen LogP contribution in [0.5, 0.6) is 0 Å². The van der Waals surface area contributed by atoms with Crippen molar-refractivity contribution in [3.63, 3.8) is 0 Å². The molecule has 7 heteroatoms. The van der Waals surface area contributed by atoms with Crippen molar-refractivity contribution in [2.45, 2.75) is 26.7 Å². The highest BCUT2D eigenvalue weighted by Crippen LogP contribution is 2.22. The summed E-state index contributed by atoms with van der Waals surface area (Å²) in [7, 11) is 0. The van der Waals surface area contributed by atoms with Gasteiger partial charge in [0.05, 0.1) is 12.1 Å². The number of aromatic nitrogens is 1. The molecule has 2 N–H and O–H groups in total. The number of amides is 3. The fraction of sp³-hybridized carbons (Fsp3) is 0.615. The molecule has 1 aromatic heterocycles. The average molecular weight is 296 g/mol. The minimum Gasteiger partial charge on any atom is -0.356 e. The maximum Gasteiger partial charge on any atom is 0.323 e. The van der Waals surface area contributed by atoms with Gasteiger partial charge < -0.3 is 10.6 Å². The Morgan fingerprint density at radius 3 is 3.05 bits per heavy atom. The molecule has 110 valence electrons. The summed E-state index contributed by atoms with van der Waals surface area (Å²) >= 11 is 1.40. The maximum atomic E-state index is 11.7. The lowest BCUT2D eigenvalue weighted by Crippen LogP contribution is -2.28. The van der Waals surface area contributed by atoms with Crippen molar-refractivity contribution in [3.8, 4) is 0 Å². The van der Waals surface area contributed by atoms with E-state index in [-0.39, 0.29) is 18.4 Å². The van der Waals surface area contributed by atoms with E-state index in [1.807, 2.05) is 5.38 Å². The Balaban J connectivity index is 1.83. The van der Waals surface area contributed by atoms with Crippen LogP contribution in [-0.4, -0.2) is 36.6 Å². The van der Waals surface area contributed by atoms with Gasteiger partial charge in [-0.15, -0.1) is 11.3 Å². The number of nitrogens with one attached hydrogen (secondary N) is 2. The summed E-state index contributed by atoms with van der Waals surface area (Å²) in [5.74, 6) is 0.559. The molecule has 1 aromatic rings. The number of carbonyl (C=O) groups excluding carboxylic acids is 2. The summed E-state index contributed by atoms with van der Waals surface area (Å²) in [6, 6.07) is -0.118. The first-order valence-electron chi connectivity index (χ1n) is 6.82. The first-order valence-corrected chi connectivity index (χ1v) is 7.70. The van der Waals surface area contributed by atoms with Crippen molar-refractivity contribution in [1.29, 1.82) is 0 Å². The lowest BCUT2D eigenvalue weighted by atomic mass is 10.1. The molecule has 0 aliphatic carbocycles. The van der Waals surface area contributed by atoms with Gasteiger partial charge in [0.25, 0.3) is 0 Å². The Labute approximate surface area is 122 Å². The van der Waals surface area contributed by atoms with Gasteiger partial charge in [-0.25, -0.2) is 9.78 Å². The predicted octanol–water partition coefficient (Wildman–Crippen LogP) is 1.38. The number of thiazole rings is 1. The molecule has 0 radical (unpaired) electrons. The summed E-state index contributed by atoms with van der Waals surface area (Å²) in [6.07, 6.45) is 1.24. The van der Waals surface area contributed by atoms with E-state index in [1.54, 1.807) is 4.90 Å². The Morgan fingerprint density at radius 1 is 1.60 bits per heavy atom. The lowest BCUT2D eigenvalue weighted by Gasteiger charge is -2.08. The van der Waals surface area contributed by atoms with E-state index in [0.717, 1.165) is 6.42 Å². The van der Waals surface area contributed by atoms with Crippen LogP contribution in [0, 0.1) is 5.92 Å². The van der Waals surface area contributed by atoms with E-state index >= 15 is 0 Å². The molecule has 2 heterocycles. The molecule has 3 amide bonds.